The Morgan fingerprint density at radius 3 is 2.41 bits per heavy atom. The van der Waals surface area contributed by atoms with Crippen LogP contribution in [-0.2, 0) is 20.2 Å². The predicted octanol–water partition coefficient (Wildman–Crippen LogP) is 5.69. The topological polar surface area (TPSA) is 92.3 Å². The van der Waals surface area contributed by atoms with E-state index in [0.29, 0.717) is 23.1 Å². The van der Waals surface area contributed by atoms with E-state index in [2.05, 4.69) is 52.2 Å². The molecule has 0 saturated carbocycles. The standard InChI is InChI=1S/C24H29BrN4O3S2/c1-5-14-29(34(31,32)20-11-9-18(10-12-20)24(2,3)4)15-13-21(30)26-23-28-27-22(33-23)17-7-6-8-19(25)16-17/h6-12,16H,5,13-15H2,1-4H3,(H,26,28,30). The lowest BCUT2D eigenvalue weighted by Gasteiger charge is -2.23. The molecule has 0 aliphatic rings. The highest BCUT2D eigenvalue weighted by Gasteiger charge is 2.25. The summed E-state index contributed by atoms with van der Waals surface area (Å²) in [4.78, 5) is 12.8. The first-order valence-corrected chi connectivity index (χ1v) is 14.1. The molecule has 0 radical (unpaired) electrons. The molecule has 2 aromatic carbocycles. The predicted molar refractivity (Wildman–Crippen MR) is 140 cm³/mol. The molecular weight excluding hydrogens is 536 g/mol. The van der Waals surface area contributed by atoms with Crippen LogP contribution in [0.4, 0.5) is 5.13 Å². The molecule has 10 heteroatoms. The maximum Gasteiger partial charge on any atom is 0.243 e. The van der Waals surface area contributed by atoms with E-state index in [9.17, 15) is 13.2 Å². The first-order chi connectivity index (χ1) is 16.0. The molecular formula is C24H29BrN4O3S2. The Balaban J connectivity index is 1.65. The van der Waals surface area contributed by atoms with Gasteiger partial charge in [0.05, 0.1) is 4.90 Å². The van der Waals surface area contributed by atoms with Gasteiger partial charge in [-0.25, -0.2) is 8.42 Å². The molecule has 0 aliphatic heterocycles. The van der Waals surface area contributed by atoms with E-state index in [4.69, 9.17) is 0 Å². The fraction of sp³-hybridized carbons (Fsp3) is 0.375. The lowest BCUT2D eigenvalue weighted by molar-refractivity contribution is -0.116. The molecule has 0 aliphatic carbocycles. The van der Waals surface area contributed by atoms with Crippen molar-refractivity contribution in [1.29, 1.82) is 0 Å². The zero-order valence-electron chi connectivity index (χ0n) is 19.7. The summed E-state index contributed by atoms with van der Waals surface area (Å²) in [5.41, 5.74) is 1.89. The Hall–Kier alpha value is -2.14. The minimum Gasteiger partial charge on any atom is -0.300 e. The van der Waals surface area contributed by atoms with Crippen LogP contribution in [0, 0.1) is 0 Å². The molecule has 1 N–H and O–H groups in total. The smallest absolute Gasteiger partial charge is 0.243 e. The van der Waals surface area contributed by atoms with Crippen LogP contribution in [0.5, 0.6) is 0 Å². The molecule has 34 heavy (non-hydrogen) atoms. The Bertz CT molecular complexity index is 1240. The molecule has 1 aromatic heterocycles. The SMILES string of the molecule is CCCN(CCC(=O)Nc1nnc(-c2cccc(Br)c2)s1)S(=O)(=O)c1ccc(C(C)(C)C)cc1. The zero-order valence-corrected chi connectivity index (χ0v) is 22.9. The van der Waals surface area contributed by atoms with Crippen LogP contribution in [0.15, 0.2) is 57.9 Å². The largest absolute Gasteiger partial charge is 0.300 e. The van der Waals surface area contributed by atoms with E-state index in [0.717, 1.165) is 15.6 Å². The highest BCUT2D eigenvalue weighted by Crippen LogP contribution is 2.28. The van der Waals surface area contributed by atoms with Crippen molar-refractivity contribution in [2.75, 3.05) is 18.4 Å². The van der Waals surface area contributed by atoms with E-state index >= 15 is 0 Å². The summed E-state index contributed by atoms with van der Waals surface area (Å²) in [5, 5.41) is 12.0. The number of hydrogen-bond acceptors (Lipinski definition) is 6. The van der Waals surface area contributed by atoms with Gasteiger partial charge < -0.3 is 5.32 Å². The third kappa shape index (κ3) is 6.71. The van der Waals surface area contributed by atoms with Crippen molar-refractivity contribution in [3.8, 4) is 10.6 Å². The second kappa shape index (κ2) is 11.1. The summed E-state index contributed by atoms with van der Waals surface area (Å²) in [6.45, 7) is 8.58. The van der Waals surface area contributed by atoms with Crippen LogP contribution < -0.4 is 5.32 Å². The number of benzene rings is 2. The fourth-order valence-electron chi connectivity index (χ4n) is 3.30. The Labute approximate surface area is 213 Å². The molecule has 7 nitrogen and oxygen atoms in total. The van der Waals surface area contributed by atoms with Gasteiger partial charge in [0.2, 0.25) is 21.1 Å². The second-order valence-electron chi connectivity index (χ2n) is 8.90. The molecule has 0 unspecified atom stereocenters. The van der Waals surface area contributed by atoms with E-state index in [-0.39, 0.29) is 29.2 Å². The molecule has 3 aromatic rings. The molecule has 1 amide bonds. The van der Waals surface area contributed by atoms with Crippen molar-refractivity contribution in [1.82, 2.24) is 14.5 Å². The summed E-state index contributed by atoms with van der Waals surface area (Å²) >= 11 is 4.70. The highest BCUT2D eigenvalue weighted by atomic mass is 79.9. The Kier molecular flexibility index (Phi) is 8.62. The quantitative estimate of drug-likeness (QED) is 0.360. The van der Waals surface area contributed by atoms with Crippen molar-refractivity contribution >= 4 is 48.3 Å². The first kappa shape index (κ1) is 26.5. The number of carbonyl (C=O) groups is 1. The zero-order chi connectivity index (χ0) is 24.9. The van der Waals surface area contributed by atoms with Gasteiger partial charge in [-0.05, 0) is 41.7 Å². The van der Waals surface area contributed by atoms with Gasteiger partial charge in [-0.15, -0.1) is 10.2 Å². The van der Waals surface area contributed by atoms with Crippen LogP contribution in [0.1, 0.15) is 46.1 Å². The van der Waals surface area contributed by atoms with E-state index in [1.54, 1.807) is 12.1 Å². The van der Waals surface area contributed by atoms with Crippen LogP contribution in [0.3, 0.4) is 0 Å². The van der Waals surface area contributed by atoms with Gasteiger partial charge >= 0.3 is 0 Å². The van der Waals surface area contributed by atoms with Gasteiger partial charge in [0, 0.05) is 29.5 Å². The summed E-state index contributed by atoms with van der Waals surface area (Å²) < 4.78 is 28.7. The van der Waals surface area contributed by atoms with Crippen molar-refractivity contribution in [3.05, 3.63) is 58.6 Å². The number of rotatable bonds is 9. The number of halogens is 1. The van der Waals surface area contributed by atoms with E-state index in [1.165, 1.54) is 15.6 Å². The lowest BCUT2D eigenvalue weighted by Crippen LogP contribution is -2.34. The second-order valence-corrected chi connectivity index (χ2v) is 12.7. The number of nitrogens with one attached hydrogen (secondary N) is 1. The minimum absolute atomic E-state index is 0.0190. The molecule has 182 valence electrons. The van der Waals surface area contributed by atoms with Crippen LogP contribution in [0.25, 0.3) is 10.6 Å². The maximum absolute atomic E-state index is 13.2. The number of sulfonamides is 1. The van der Waals surface area contributed by atoms with Gasteiger partial charge in [0.15, 0.2) is 0 Å². The van der Waals surface area contributed by atoms with Crippen LogP contribution in [-0.4, -0.2) is 41.9 Å². The number of hydrogen-bond donors (Lipinski definition) is 1. The summed E-state index contributed by atoms with van der Waals surface area (Å²) in [5.74, 6) is -0.309. The van der Waals surface area contributed by atoms with Crippen LogP contribution >= 0.6 is 27.3 Å². The number of carbonyl (C=O) groups excluding carboxylic acids is 1. The summed E-state index contributed by atoms with van der Waals surface area (Å²) in [6, 6.07) is 14.6. The third-order valence-electron chi connectivity index (χ3n) is 5.16. The van der Waals surface area contributed by atoms with Crippen LogP contribution in [0.2, 0.25) is 0 Å². The molecule has 3 rings (SSSR count). The lowest BCUT2D eigenvalue weighted by atomic mass is 9.87. The summed E-state index contributed by atoms with van der Waals surface area (Å²) in [6.07, 6.45) is 0.665. The van der Waals surface area contributed by atoms with Gasteiger partial charge in [0.1, 0.15) is 5.01 Å². The van der Waals surface area contributed by atoms with Crippen molar-refractivity contribution in [2.24, 2.45) is 0 Å². The molecule has 0 atom stereocenters. The fourth-order valence-corrected chi connectivity index (χ4v) is 5.99. The van der Waals surface area contributed by atoms with Gasteiger partial charge in [-0.1, -0.05) is 79.2 Å². The summed E-state index contributed by atoms with van der Waals surface area (Å²) in [7, 11) is -3.71. The van der Waals surface area contributed by atoms with Crippen molar-refractivity contribution in [2.45, 2.75) is 50.8 Å². The molecule has 0 bridgehead atoms. The average Bonchev–Trinajstić information content (AvgIpc) is 3.24. The van der Waals surface area contributed by atoms with Gasteiger partial charge in [-0.3, -0.25) is 4.79 Å². The van der Waals surface area contributed by atoms with Crippen molar-refractivity contribution in [3.63, 3.8) is 0 Å². The monoisotopic (exact) mass is 564 g/mol. The third-order valence-corrected chi connectivity index (χ3v) is 8.46. The van der Waals surface area contributed by atoms with Gasteiger partial charge in [0.25, 0.3) is 0 Å². The Morgan fingerprint density at radius 2 is 1.79 bits per heavy atom. The number of amides is 1. The number of anilines is 1. The highest BCUT2D eigenvalue weighted by molar-refractivity contribution is 9.10. The first-order valence-electron chi connectivity index (χ1n) is 11.0. The normalized spacial score (nSPS) is 12.2. The molecule has 0 fully saturated rings. The van der Waals surface area contributed by atoms with Gasteiger partial charge in [-0.2, -0.15) is 4.31 Å². The minimum atomic E-state index is -3.71. The Morgan fingerprint density at radius 1 is 1.09 bits per heavy atom. The molecule has 0 spiro atoms. The number of nitrogens with zero attached hydrogens (tertiary/aromatic N) is 3. The number of aromatic nitrogens is 2. The molecule has 1 heterocycles. The van der Waals surface area contributed by atoms with E-state index in [1.807, 2.05) is 43.3 Å². The van der Waals surface area contributed by atoms with Crippen molar-refractivity contribution < 1.29 is 13.2 Å². The molecule has 0 saturated heterocycles. The van der Waals surface area contributed by atoms with E-state index < -0.39 is 10.0 Å². The average molecular weight is 566 g/mol. The maximum atomic E-state index is 13.2.